The van der Waals surface area contributed by atoms with Gasteiger partial charge in [-0.2, -0.15) is 5.10 Å². The van der Waals surface area contributed by atoms with Crippen molar-refractivity contribution in [3.8, 4) is 23.3 Å². The van der Waals surface area contributed by atoms with Gasteiger partial charge in [0.05, 0.1) is 6.61 Å². The number of likely N-dealkylation sites (tertiary alicyclic amines) is 1. The Hall–Kier alpha value is -3.31. The van der Waals surface area contributed by atoms with Gasteiger partial charge >= 0.3 is 0 Å². The van der Waals surface area contributed by atoms with E-state index in [0.717, 1.165) is 5.69 Å². The van der Waals surface area contributed by atoms with E-state index in [0.29, 0.717) is 36.6 Å². The van der Waals surface area contributed by atoms with Crippen LogP contribution in [0.15, 0.2) is 24.3 Å². The summed E-state index contributed by atoms with van der Waals surface area (Å²) in [4.78, 5) is 25.0. The van der Waals surface area contributed by atoms with E-state index in [4.69, 9.17) is 10.5 Å². The summed E-state index contributed by atoms with van der Waals surface area (Å²) in [6.45, 7) is 0.914. The highest BCUT2D eigenvalue weighted by atomic mass is 16.5. The second-order valence-corrected chi connectivity index (χ2v) is 6.66. The molecule has 1 aromatic carbocycles. The lowest BCUT2D eigenvalue weighted by Gasteiger charge is -2.13. The van der Waals surface area contributed by atoms with Crippen molar-refractivity contribution in [2.24, 2.45) is 5.73 Å². The molecule has 0 bridgehead atoms. The Morgan fingerprint density at radius 3 is 2.93 bits per heavy atom. The Morgan fingerprint density at radius 2 is 2.22 bits per heavy atom. The summed E-state index contributed by atoms with van der Waals surface area (Å²) in [5.41, 5.74) is 5.89. The second-order valence-electron chi connectivity index (χ2n) is 6.66. The molecule has 2 aromatic rings. The minimum absolute atomic E-state index is 0.184. The first-order valence-electron chi connectivity index (χ1n) is 8.54. The molecule has 1 atom stereocenters. The quantitative estimate of drug-likeness (QED) is 0.682. The predicted octanol–water partition coefficient (Wildman–Crippen LogP) is -0.149. The van der Waals surface area contributed by atoms with Crippen LogP contribution in [0.1, 0.15) is 28.2 Å². The van der Waals surface area contributed by atoms with Gasteiger partial charge in [-0.3, -0.25) is 9.59 Å². The van der Waals surface area contributed by atoms with Crippen LogP contribution in [0.4, 0.5) is 0 Å². The van der Waals surface area contributed by atoms with Crippen molar-refractivity contribution in [2.45, 2.75) is 18.4 Å². The number of nitrogens with zero attached hydrogens (tertiary/aromatic N) is 3. The molecule has 1 aromatic heterocycles. The number of fused-ring (bicyclic) bond motifs is 3. The molecule has 2 aliphatic rings. The molecule has 2 aliphatic heterocycles. The summed E-state index contributed by atoms with van der Waals surface area (Å²) < 4.78 is 7.36. The molecule has 1 fully saturated rings. The van der Waals surface area contributed by atoms with E-state index >= 15 is 0 Å². The molecular weight excluding hydrogens is 348 g/mol. The van der Waals surface area contributed by atoms with Gasteiger partial charge in [-0.1, -0.05) is 11.8 Å². The van der Waals surface area contributed by atoms with Crippen LogP contribution in [0.3, 0.4) is 0 Å². The third-order valence-electron chi connectivity index (χ3n) is 4.76. The van der Waals surface area contributed by atoms with Crippen molar-refractivity contribution >= 4 is 11.8 Å². The summed E-state index contributed by atoms with van der Waals surface area (Å²) in [7, 11) is 1.64. The van der Waals surface area contributed by atoms with Crippen LogP contribution in [-0.2, 0) is 11.2 Å². The first-order valence-corrected chi connectivity index (χ1v) is 8.54. The van der Waals surface area contributed by atoms with Gasteiger partial charge in [-0.15, -0.1) is 0 Å². The highest BCUT2D eigenvalue weighted by molar-refractivity contribution is 5.91. The molecule has 1 saturated heterocycles. The fraction of sp³-hybridized carbons (Fsp3) is 0.316. The number of ether oxygens (including phenoxy) is 1. The molecule has 0 spiro atoms. The topological polar surface area (TPSA) is 111 Å². The summed E-state index contributed by atoms with van der Waals surface area (Å²) in [6, 6.07) is 6.91. The van der Waals surface area contributed by atoms with Gasteiger partial charge in [0.1, 0.15) is 11.4 Å². The maximum absolute atomic E-state index is 12.1. The average molecular weight is 366 g/mol. The van der Waals surface area contributed by atoms with Crippen molar-refractivity contribution in [3.63, 3.8) is 0 Å². The minimum atomic E-state index is -1.66. The van der Waals surface area contributed by atoms with E-state index in [2.05, 4.69) is 16.9 Å². The molecule has 138 valence electrons. The molecule has 0 unspecified atom stereocenters. The summed E-state index contributed by atoms with van der Waals surface area (Å²) >= 11 is 0. The number of likely N-dealkylation sites (N-methyl/N-ethyl adjacent to an activating group) is 1. The summed E-state index contributed by atoms with van der Waals surface area (Å²) in [5.74, 6) is 5.18. The number of carbonyl (C=O) groups excluding carboxylic acids is 2. The molecule has 0 aliphatic carbocycles. The highest BCUT2D eigenvalue weighted by Crippen LogP contribution is 2.29. The number of hydrogen-bond donors (Lipinski definition) is 2. The van der Waals surface area contributed by atoms with Crippen molar-refractivity contribution in [1.29, 1.82) is 0 Å². The van der Waals surface area contributed by atoms with E-state index in [1.165, 1.54) is 4.90 Å². The lowest BCUT2D eigenvalue weighted by atomic mass is 10.0. The molecule has 8 nitrogen and oxygen atoms in total. The van der Waals surface area contributed by atoms with Crippen LogP contribution in [0.5, 0.6) is 5.75 Å². The Morgan fingerprint density at radius 1 is 1.41 bits per heavy atom. The Labute approximate surface area is 155 Å². The van der Waals surface area contributed by atoms with Crippen molar-refractivity contribution in [2.75, 3.05) is 20.2 Å². The molecule has 27 heavy (non-hydrogen) atoms. The van der Waals surface area contributed by atoms with Gasteiger partial charge in [-0.25, -0.2) is 4.68 Å². The van der Waals surface area contributed by atoms with E-state index in [9.17, 15) is 14.7 Å². The number of primary amides is 1. The maximum Gasteiger partial charge on any atom is 0.269 e. The summed E-state index contributed by atoms with van der Waals surface area (Å²) in [5, 5.41) is 14.7. The van der Waals surface area contributed by atoms with Gasteiger partial charge in [0.2, 0.25) is 5.60 Å². The van der Waals surface area contributed by atoms with E-state index < -0.39 is 17.4 Å². The van der Waals surface area contributed by atoms with Crippen molar-refractivity contribution in [3.05, 3.63) is 41.2 Å². The fourth-order valence-electron chi connectivity index (χ4n) is 3.22. The van der Waals surface area contributed by atoms with Crippen LogP contribution < -0.4 is 10.5 Å². The normalized spacial score (nSPS) is 20.8. The zero-order valence-corrected chi connectivity index (χ0v) is 14.7. The lowest BCUT2D eigenvalue weighted by molar-refractivity contribution is -0.137. The van der Waals surface area contributed by atoms with Crippen molar-refractivity contribution < 1.29 is 19.4 Å². The van der Waals surface area contributed by atoms with Crippen molar-refractivity contribution in [1.82, 2.24) is 14.7 Å². The molecule has 3 N–H and O–H groups in total. The zero-order valence-electron chi connectivity index (χ0n) is 14.7. The largest absolute Gasteiger partial charge is 0.491 e. The zero-order chi connectivity index (χ0) is 19.2. The number of amides is 2. The number of nitrogens with two attached hydrogens (primary N) is 1. The molecule has 0 radical (unpaired) electrons. The smallest absolute Gasteiger partial charge is 0.269 e. The number of carbonyl (C=O) groups is 2. The van der Waals surface area contributed by atoms with Gasteiger partial charge in [-0.05, 0) is 24.3 Å². The lowest BCUT2D eigenvalue weighted by Crippen LogP contribution is -2.37. The van der Waals surface area contributed by atoms with E-state index in [1.807, 2.05) is 0 Å². The fourth-order valence-corrected chi connectivity index (χ4v) is 3.22. The van der Waals surface area contributed by atoms with Gasteiger partial charge in [0.15, 0.2) is 5.69 Å². The van der Waals surface area contributed by atoms with Gasteiger partial charge in [0, 0.05) is 37.7 Å². The Balaban J connectivity index is 1.74. The molecule has 0 saturated carbocycles. The molecule has 2 amide bonds. The van der Waals surface area contributed by atoms with Crippen LogP contribution in [0.25, 0.3) is 5.69 Å². The first-order chi connectivity index (χ1) is 12.9. The van der Waals surface area contributed by atoms with E-state index in [-0.39, 0.29) is 12.1 Å². The first kappa shape index (κ1) is 17.1. The molecule has 4 rings (SSSR count). The molecule has 3 heterocycles. The minimum Gasteiger partial charge on any atom is -0.491 e. The third kappa shape index (κ3) is 2.92. The molecule has 8 heteroatoms. The number of aliphatic hydroxyl groups is 1. The van der Waals surface area contributed by atoms with Gasteiger partial charge < -0.3 is 20.5 Å². The van der Waals surface area contributed by atoms with Crippen LogP contribution in [0, 0.1) is 11.8 Å². The number of aromatic nitrogens is 2. The monoisotopic (exact) mass is 366 g/mol. The summed E-state index contributed by atoms with van der Waals surface area (Å²) in [6.07, 6.45) is 0.852. The third-order valence-corrected chi connectivity index (χ3v) is 4.76. The highest BCUT2D eigenvalue weighted by Gasteiger charge is 2.42. The van der Waals surface area contributed by atoms with Crippen LogP contribution in [-0.4, -0.2) is 57.4 Å². The van der Waals surface area contributed by atoms with Crippen LogP contribution in [0.2, 0.25) is 0 Å². The maximum atomic E-state index is 12.1. The number of hydrogen-bond acceptors (Lipinski definition) is 5. The standard InChI is InChI=1S/C19H18N4O4/c1-22-8-7-19(26,18(22)25)6-4-12-2-3-16-15(10-12)23-13(5-9-27-16)11-14(21-23)17(20)24/h2-3,10-11,26H,5,7-9H2,1H3,(H2,20,24)/t19-/m1/s1. The van der Waals surface area contributed by atoms with E-state index in [1.54, 1.807) is 36.0 Å². The number of rotatable bonds is 1. The average Bonchev–Trinajstić information content (AvgIpc) is 3.13. The Kier molecular flexibility index (Phi) is 3.89. The Bertz CT molecular complexity index is 1020. The van der Waals surface area contributed by atoms with Crippen LogP contribution >= 0.6 is 0 Å². The number of benzene rings is 1. The van der Waals surface area contributed by atoms with Gasteiger partial charge in [0.25, 0.3) is 11.8 Å². The molecular formula is C19H18N4O4. The predicted molar refractivity (Wildman–Crippen MR) is 95.4 cm³/mol. The second kappa shape index (κ2) is 6.14. The SMILES string of the molecule is CN1CC[C@](O)(C#Cc2ccc3c(c2)-n2nc(C(N)=O)cc2CCO3)C1=O.